The molecule has 1 rings (SSSR count). The molecule has 3 amide bonds. The van der Waals surface area contributed by atoms with E-state index in [0.29, 0.717) is 0 Å². The van der Waals surface area contributed by atoms with Crippen LogP contribution in [0.1, 0.15) is 18.4 Å². The lowest BCUT2D eigenvalue weighted by atomic mass is 10.1. The van der Waals surface area contributed by atoms with Gasteiger partial charge in [0.05, 0.1) is 18.9 Å². The number of aliphatic carboxylic acids is 1. The molecule has 0 aliphatic heterocycles. The van der Waals surface area contributed by atoms with Crippen molar-refractivity contribution in [3.8, 4) is 0 Å². The fraction of sp³-hybridized carbons (Fsp3) is 0.375. The largest absolute Gasteiger partial charge is 0.481 e. The fourth-order valence-corrected chi connectivity index (χ4v) is 1.91. The van der Waals surface area contributed by atoms with Crippen LogP contribution in [0.5, 0.6) is 0 Å². The van der Waals surface area contributed by atoms with Crippen LogP contribution in [0.4, 0.5) is 4.79 Å². The average molecular weight is 367 g/mol. The van der Waals surface area contributed by atoms with E-state index in [1.807, 2.05) is 6.07 Å². The number of rotatable bonds is 10. The van der Waals surface area contributed by atoms with Gasteiger partial charge in [-0.25, -0.2) is 4.79 Å². The quantitative estimate of drug-likeness (QED) is 0.357. The molecule has 0 saturated carbocycles. The van der Waals surface area contributed by atoms with E-state index in [4.69, 9.17) is 15.6 Å². The Morgan fingerprint density at radius 3 is 2.35 bits per heavy atom. The molecule has 1 aromatic carbocycles. The predicted molar refractivity (Wildman–Crippen MR) is 88.6 cm³/mol. The highest BCUT2D eigenvalue weighted by Crippen LogP contribution is 2.01. The monoisotopic (exact) mass is 367 g/mol. The first-order chi connectivity index (χ1) is 12.3. The first-order valence-corrected chi connectivity index (χ1v) is 7.71. The smallest absolute Gasteiger partial charge is 0.407 e. The van der Waals surface area contributed by atoms with Crippen molar-refractivity contribution < 1.29 is 34.1 Å². The summed E-state index contributed by atoms with van der Waals surface area (Å²) < 4.78 is 4.94. The Kier molecular flexibility index (Phi) is 8.58. The number of ether oxygens (including phenoxy) is 1. The highest BCUT2D eigenvalue weighted by molar-refractivity contribution is 5.89. The number of aliphatic hydroxyl groups is 1. The van der Waals surface area contributed by atoms with Crippen LogP contribution < -0.4 is 16.4 Å². The van der Waals surface area contributed by atoms with Crippen LogP contribution in [0.2, 0.25) is 0 Å². The Morgan fingerprint density at radius 1 is 1.12 bits per heavy atom. The number of carbonyl (C=O) groups is 4. The maximum Gasteiger partial charge on any atom is 0.407 e. The van der Waals surface area contributed by atoms with Gasteiger partial charge in [-0.1, -0.05) is 30.3 Å². The molecule has 10 nitrogen and oxygen atoms in total. The number of alkyl carbamates (subject to hydrolysis) is 1. The molecule has 26 heavy (non-hydrogen) atoms. The van der Waals surface area contributed by atoms with Gasteiger partial charge in [-0.15, -0.1) is 0 Å². The summed E-state index contributed by atoms with van der Waals surface area (Å²) in [5, 5.41) is 22.8. The summed E-state index contributed by atoms with van der Waals surface area (Å²) in [4.78, 5) is 44.9. The molecule has 2 atom stereocenters. The van der Waals surface area contributed by atoms with Gasteiger partial charge in [-0.05, 0) is 5.56 Å². The molecule has 0 bridgehead atoms. The maximum absolute atomic E-state index is 11.7. The summed E-state index contributed by atoms with van der Waals surface area (Å²) in [6.45, 7) is -0.208. The van der Waals surface area contributed by atoms with Gasteiger partial charge in [0.25, 0.3) is 0 Å². The Labute approximate surface area is 149 Å². The van der Waals surface area contributed by atoms with Gasteiger partial charge in [0.15, 0.2) is 0 Å². The number of nitrogens with one attached hydrogen (secondary N) is 2. The minimum atomic E-state index is -1.38. The minimum Gasteiger partial charge on any atom is -0.481 e. The second kappa shape index (κ2) is 10.7. The van der Waals surface area contributed by atoms with Crippen molar-refractivity contribution in [2.75, 3.05) is 6.54 Å². The van der Waals surface area contributed by atoms with Crippen molar-refractivity contribution in [2.24, 2.45) is 5.73 Å². The summed E-state index contributed by atoms with van der Waals surface area (Å²) in [5.74, 6) is -3.09. The Morgan fingerprint density at radius 2 is 1.77 bits per heavy atom. The maximum atomic E-state index is 11.7. The molecule has 0 saturated heterocycles. The zero-order chi connectivity index (χ0) is 19.5. The van der Waals surface area contributed by atoms with Gasteiger partial charge in [-0.3, -0.25) is 14.4 Å². The van der Waals surface area contributed by atoms with Crippen LogP contribution in [0.15, 0.2) is 30.3 Å². The molecular weight excluding hydrogens is 346 g/mol. The van der Waals surface area contributed by atoms with Gasteiger partial charge < -0.3 is 31.3 Å². The Balaban J connectivity index is 2.30. The van der Waals surface area contributed by atoms with Crippen molar-refractivity contribution in [1.29, 1.82) is 0 Å². The SMILES string of the molecule is NC(=O)[C@@H](CC(=O)O)NC(=O)C[C@H](O)CNC(=O)OCc1ccccc1. The lowest BCUT2D eigenvalue weighted by Crippen LogP contribution is -2.47. The van der Waals surface area contributed by atoms with Crippen LogP contribution in [0.3, 0.4) is 0 Å². The zero-order valence-corrected chi connectivity index (χ0v) is 13.9. The van der Waals surface area contributed by atoms with Crippen LogP contribution in [0, 0.1) is 0 Å². The van der Waals surface area contributed by atoms with Gasteiger partial charge in [-0.2, -0.15) is 0 Å². The number of carboxylic acids is 1. The van der Waals surface area contributed by atoms with Gasteiger partial charge in [0.2, 0.25) is 11.8 Å². The van der Waals surface area contributed by atoms with E-state index in [-0.39, 0.29) is 13.2 Å². The number of benzene rings is 1. The molecule has 6 N–H and O–H groups in total. The van der Waals surface area contributed by atoms with E-state index < -0.39 is 48.9 Å². The van der Waals surface area contributed by atoms with Crippen molar-refractivity contribution in [1.82, 2.24) is 10.6 Å². The summed E-state index contributed by atoms with van der Waals surface area (Å²) in [6, 6.07) is 7.59. The number of aliphatic hydroxyl groups excluding tert-OH is 1. The number of hydrogen-bond acceptors (Lipinski definition) is 6. The van der Waals surface area contributed by atoms with E-state index in [1.165, 1.54) is 0 Å². The van der Waals surface area contributed by atoms with Crippen LogP contribution in [0.25, 0.3) is 0 Å². The topological polar surface area (TPSA) is 168 Å². The van der Waals surface area contributed by atoms with Crippen LogP contribution in [-0.2, 0) is 25.7 Å². The summed E-state index contributed by atoms with van der Waals surface area (Å²) in [6.07, 6.45) is -3.14. The molecule has 0 unspecified atom stereocenters. The van der Waals surface area contributed by atoms with E-state index in [9.17, 15) is 24.3 Å². The highest BCUT2D eigenvalue weighted by atomic mass is 16.5. The standard InChI is InChI=1S/C16H21N3O7/c17-15(24)12(7-14(22)23)19-13(21)6-11(20)8-18-16(25)26-9-10-4-2-1-3-5-10/h1-5,11-12,20H,6-9H2,(H2,17,24)(H,18,25)(H,19,21)(H,22,23)/t11-,12+/m0/s1. The minimum absolute atomic E-state index is 0.0543. The molecule has 1 aromatic rings. The lowest BCUT2D eigenvalue weighted by Gasteiger charge is -2.16. The third-order valence-corrected chi connectivity index (χ3v) is 3.17. The zero-order valence-electron chi connectivity index (χ0n) is 13.9. The third-order valence-electron chi connectivity index (χ3n) is 3.17. The molecule has 10 heteroatoms. The molecule has 0 radical (unpaired) electrons. The van der Waals surface area contributed by atoms with Crippen molar-refractivity contribution in [3.05, 3.63) is 35.9 Å². The third kappa shape index (κ3) is 8.64. The van der Waals surface area contributed by atoms with Crippen molar-refractivity contribution >= 4 is 23.9 Å². The first kappa shape index (κ1) is 20.9. The molecule has 142 valence electrons. The number of primary amides is 1. The molecule has 0 heterocycles. The predicted octanol–water partition coefficient (Wildman–Crippen LogP) is -0.891. The van der Waals surface area contributed by atoms with E-state index in [1.54, 1.807) is 24.3 Å². The summed E-state index contributed by atoms with van der Waals surface area (Å²) in [5.41, 5.74) is 5.78. The molecule has 0 aromatic heterocycles. The Bertz CT molecular complexity index is 636. The Hall–Kier alpha value is -3.14. The molecule has 0 aliphatic carbocycles. The molecule has 0 fully saturated rings. The number of nitrogens with two attached hydrogens (primary N) is 1. The number of carbonyl (C=O) groups excluding carboxylic acids is 3. The molecule has 0 aliphatic rings. The summed E-state index contributed by atoms with van der Waals surface area (Å²) in [7, 11) is 0. The van der Waals surface area contributed by atoms with Crippen molar-refractivity contribution in [3.63, 3.8) is 0 Å². The van der Waals surface area contributed by atoms with E-state index >= 15 is 0 Å². The second-order valence-corrected chi connectivity index (χ2v) is 5.42. The molecular formula is C16H21N3O7. The fourth-order valence-electron chi connectivity index (χ4n) is 1.91. The van der Waals surface area contributed by atoms with E-state index in [0.717, 1.165) is 5.56 Å². The summed E-state index contributed by atoms with van der Waals surface area (Å²) >= 11 is 0. The van der Waals surface area contributed by atoms with Crippen LogP contribution in [-0.4, -0.2) is 52.8 Å². The van der Waals surface area contributed by atoms with Crippen molar-refractivity contribution in [2.45, 2.75) is 31.6 Å². The second-order valence-electron chi connectivity index (χ2n) is 5.42. The van der Waals surface area contributed by atoms with E-state index in [2.05, 4.69) is 10.6 Å². The highest BCUT2D eigenvalue weighted by Gasteiger charge is 2.22. The average Bonchev–Trinajstić information content (AvgIpc) is 2.58. The lowest BCUT2D eigenvalue weighted by molar-refractivity contribution is -0.140. The number of hydrogen-bond donors (Lipinski definition) is 5. The normalized spacial score (nSPS) is 12.5. The van der Waals surface area contributed by atoms with Gasteiger partial charge >= 0.3 is 12.1 Å². The van der Waals surface area contributed by atoms with Gasteiger partial charge in [0, 0.05) is 6.54 Å². The van der Waals surface area contributed by atoms with Gasteiger partial charge in [0.1, 0.15) is 12.6 Å². The number of carboxylic acid groups (broad SMARTS) is 1. The number of amides is 3. The first-order valence-electron chi connectivity index (χ1n) is 7.71. The van der Waals surface area contributed by atoms with Crippen LogP contribution >= 0.6 is 0 Å². The molecule has 0 spiro atoms.